The summed E-state index contributed by atoms with van der Waals surface area (Å²) in [5, 5.41) is 12.8. The van der Waals surface area contributed by atoms with Crippen molar-refractivity contribution in [2.24, 2.45) is 0 Å². The van der Waals surface area contributed by atoms with Gasteiger partial charge in [0.05, 0.1) is 60.9 Å². The quantitative estimate of drug-likeness (QED) is 0.107. The van der Waals surface area contributed by atoms with Crippen LogP contribution in [0.1, 0.15) is 71.0 Å². The lowest BCUT2D eigenvalue weighted by Crippen LogP contribution is -2.44. The zero-order valence-corrected chi connectivity index (χ0v) is 44.9. The molecule has 0 unspecified atom stereocenters. The third-order valence-electron chi connectivity index (χ3n) is 16.7. The van der Waals surface area contributed by atoms with Crippen LogP contribution >= 0.6 is 0 Å². The molecule has 17 heteroatoms. The van der Waals surface area contributed by atoms with E-state index in [1.165, 1.54) is 65.1 Å². The largest absolute Gasteiger partial charge is 0.378 e. The molecule has 78 heavy (non-hydrogen) atoms. The molecule has 7 aromatic rings. The molecule has 0 bridgehead atoms. The average molecular weight is 1040 g/mol. The number of hydrazine groups is 1. The van der Waals surface area contributed by atoms with Crippen molar-refractivity contribution >= 4 is 62.5 Å². The molecule has 0 atom stereocenters. The van der Waals surface area contributed by atoms with Crippen molar-refractivity contribution in [1.29, 1.82) is 0 Å². The first-order chi connectivity index (χ1) is 38.5. The first kappa shape index (κ1) is 48.9. The number of hydrogen-bond donors (Lipinski definition) is 2. The Hall–Kier alpha value is -7.44. The highest BCUT2D eigenvalue weighted by molar-refractivity contribution is 5.94. The Labute approximate surface area is 456 Å². The van der Waals surface area contributed by atoms with Gasteiger partial charge in [-0.05, 0) is 128 Å². The maximum absolute atomic E-state index is 5.80. The van der Waals surface area contributed by atoms with Crippen LogP contribution in [0.3, 0.4) is 0 Å². The van der Waals surface area contributed by atoms with Gasteiger partial charge in [0.2, 0.25) is 0 Å². The number of anilines is 8. The van der Waals surface area contributed by atoms with Crippen molar-refractivity contribution in [1.82, 2.24) is 45.4 Å². The number of hydrogen-bond acceptors (Lipinski definition) is 17. The highest BCUT2D eigenvalue weighted by Crippen LogP contribution is 2.48. The first-order valence-electron chi connectivity index (χ1n) is 28.4. The Kier molecular flexibility index (Phi) is 13.2. The van der Waals surface area contributed by atoms with Crippen molar-refractivity contribution < 1.29 is 9.47 Å². The van der Waals surface area contributed by atoms with Crippen molar-refractivity contribution in [3.8, 4) is 11.4 Å². The van der Waals surface area contributed by atoms with Gasteiger partial charge in [0, 0.05) is 162 Å². The molecule has 0 spiro atoms. The normalized spacial score (nSPS) is 19.0. The van der Waals surface area contributed by atoms with Gasteiger partial charge < -0.3 is 44.6 Å². The molecule has 2 saturated carbocycles. The number of morpholine rings is 2. The second-order valence-electron chi connectivity index (χ2n) is 21.9. The van der Waals surface area contributed by atoms with Crippen LogP contribution in [0.2, 0.25) is 0 Å². The minimum absolute atomic E-state index is 0.495. The predicted octanol–water partition coefficient (Wildman–Crippen LogP) is 8.45. The highest BCUT2D eigenvalue weighted by Gasteiger charge is 2.35. The average Bonchev–Trinajstić information content (AvgIpc) is 4.51. The van der Waals surface area contributed by atoms with Crippen LogP contribution in [0.5, 0.6) is 0 Å². The zero-order chi connectivity index (χ0) is 52.1. The summed E-state index contributed by atoms with van der Waals surface area (Å²) >= 11 is 0. The van der Waals surface area contributed by atoms with Gasteiger partial charge in [-0.3, -0.25) is 9.97 Å². The molecular formula is C61H69N15O2. The number of pyridine rings is 4. The molecule has 5 aromatic heterocycles. The molecule has 10 heterocycles. The van der Waals surface area contributed by atoms with E-state index in [0.717, 1.165) is 141 Å². The van der Waals surface area contributed by atoms with Gasteiger partial charge in [-0.2, -0.15) is 0 Å². The summed E-state index contributed by atoms with van der Waals surface area (Å²) < 4.78 is 11.6. The molecule has 4 saturated heterocycles. The number of ether oxygens (including phenoxy) is 2. The van der Waals surface area contributed by atoms with Crippen molar-refractivity contribution in [3.63, 3.8) is 0 Å². The standard InChI is InChI=1S/C61H69N15O2/c1-41-33-47(70-25-29-77-30-26-70)7-9-52(41)75(55-35-45(11-14-65-55)60-68-51-38-64-37-50(43-3-4-43)58(51)61(69-60)73-23-19-63-20-24-73)76(53-10-8-48(34-42(53)2)71-27-31-78-32-28-71)56-36-49(13-16-66-56)74-39-46-12-15-67-59(44-5-6-44)57(46)54(40-74)72-21-17-62-18-22-72/h7-16,33-38,40,43-44,62-63H,3-6,17-32,39H2,1-2H3. The van der Waals surface area contributed by atoms with Gasteiger partial charge >= 0.3 is 0 Å². The smallest absolute Gasteiger partial charge is 0.162 e. The molecule has 7 aliphatic rings. The van der Waals surface area contributed by atoms with E-state index in [4.69, 9.17) is 39.4 Å². The summed E-state index contributed by atoms with van der Waals surface area (Å²) in [6, 6.07) is 24.5. The van der Waals surface area contributed by atoms with E-state index in [9.17, 15) is 0 Å². The fraction of sp³-hybridized carbons (Fsp3) is 0.410. The molecule has 0 radical (unpaired) electrons. The van der Waals surface area contributed by atoms with Gasteiger partial charge in [-0.25, -0.2) is 30.0 Å². The lowest BCUT2D eigenvalue weighted by atomic mass is 9.96. The molecule has 2 N–H and O–H groups in total. The van der Waals surface area contributed by atoms with E-state index >= 15 is 0 Å². The van der Waals surface area contributed by atoms with E-state index in [0.29, 0.717) is 49.9 Å². The maximum atomic E-state index is 5.80. The van der Waals surface area contributed by atoms with Crippen molar-refractivity contribution in [2.45, 2.75) is 57.9 Å². The second-order valence-corrected chi connectivity index (χ2v) is 21.9. The van der Waals surface area contributed by atoms with Gasteiger partial charge in [-0.1, -0.05) is 0 Å². The summed E-state index contributed by atoms with van der Waals surface area (Å²) in [6.45, 7) is 18.7. The maximum Gasteiger partial charge on any atom is 0.162 e. The Bertz CT molecular complexity index is 3380. The Balaban J connectivity index is 0.939. The molecule has 2 aromatic carbocycles. The van der Waals surface area contributed by atoms with Crippen LogP contribution in [0.25, 0.3) is 28.0 Å². The number of benzene rings is 2. The topological polar surface area (TPSA) is 143 Å². The number of rotatable bonds is 13. The van der Waals surface area contributed by atoms with Gasteiger partial charge in [0.15, 0.2) is 17.5 Å². The fourth-order valence-corrected chi connectivity index (χ4v) is 12.2. The van der Waals surface area contributed by atoms with E-state index in [-0.39, 0.29) is 0 Å². The Morgan fingerprint density at radius 3 is 1.79 bits per heavy atom. The molecule has 0 amide bonds. The minimum atomic E-state index is 0.495. The number of nitrogens with zero attached hydrogens (tertiary/aromatic N) is 13. The van der Waals surface area contributed by atoms with E-state index in [1.54, 1.807) is 0 Å². The summed E-state index contributed by atoms with van der Waals surface area (Å²) in [6.07, 6.45) is 17.0. The monoisotopic (exact) mass is 1040 g/mol. The Morgan fingerprint density at radius 1 is 0.564 bits per heavy atom. The Morgan fingerprint density at radius 2 is 1.17 bits per heavy atom. The predicted molar refractivity (Wildman–Crippen MR) is 309 cm³/mol. The molecule has 400 valence electrons. The minimum Gasteiger partial charge on any atom is -0.378 e. The van der Waals surface area contributed by atoms with Crippen LogP contribution in [-0.2, 0) is 16.0 Å². The SMILES string of the molecule is Cc1cc(N2CCOCC2)ccc1N(c1cc(-c2nc(N3CCNCC3)c3c(C4CC4)cncc3n2)ccn1)N(c1cc(N2C=C(N3CCNCC3)c3c(ccnc3C3CC3)C2)ccn1)c1ccc(N2CCOCC2)cc1C. The molecule has 6 fully saturated rings. The highest BCUT2D eigenvalue weighted by atomic mass is 16.5. The molecule has 14 rings (SSSR count). The summed E-state index contributed by atoms with van der Waals surface area (Å²) in [7, 11) is 0. The third kappa shape index (κ3) is 9.60. The number of piperazine rings is 2. The summed E-state index contributed by atoms with van der Waals surface area (Å²) in [4.78, 5) is 43.6. The molecule has 2 aliphatic carbocycles. The number of nitrogens with one attached hydrogen (secondary N) is 2. The van der Waals surface area contributed by atoms with Crippen LogP contribution in [0.4, 0.5) is 45.9 Å². The fourth-order valence-electron chi connectivity index (χ4n) is 12.2. The van der Waals surface area contributed by atoms with Gasteiger partial charge in [0.25, 0.3) is 0 Å². The summed E-state index contributed by atoms with van der Waals surface area (Å²) in [5.41, 5.74) is 15.6. The van der Waals surface area contributed by atoms with Crippen molar-refractivity contribution in [3.05, 3.63) is 137 Å². The van der Waals surface area contributed by atoms with E-state index < -0.39 is 0 Å². The molecular weight excluding hydrogens is 975 g/mol. The summed E-state index contributed by atoms with van der Waals surface area (Å²) in [5.74, 6) is 4.10. The number of aromatic nitrogens is 6. The van der Waals surface area contributed by atoms with Crippen LogP contribution in [0, 0.1) is 13.8 Å². The van der Waals surface area contributed by atoms with Crippen molar-refractivity contribution in [2.75, 3.05) is 135 Å². The van der Waals surface area contributed by atoms with Crippen LogP contribution in [-0.4, -0.2) is 140 Å². The third-order valence-corrected chi connectivity index (χ3v) is 16.7. The number of fused-ring (bicyclic) bond motifs is 2. The van der Waals surface area contributed by atoms with Crippen LogP contribution < -0.4 is 40.3 Å². The van der Waals surface area contributed by atoms with E-state index in [1.807, 2.05) is 37.1 Å². The molecule has 5 aliphatic heterocycles. The van der Waals surface area contributed by atoms with Gasteiger partial charge in [0.1, 0.15) is 5.82 Å². The lowest BCUT2D eigenvalue weighted by Gasteiger charge is -2.40. The lowest BCUT2D eigenvalue weighted by molar-refractivity contribution is 0.122. The van der Waals surface area contributed by atoms with E-state index in [2.05, 4.69) is 126 Å². The molecule has 17 nitrogen and oxygen atoms in total. The second kappa shape index (κ2) is 21.1. The first-order valence-corrected chi connectivity index (χ1v) is 28.4. The van der Waals surface area contributed by atoms with Crippen LogP contribution in [0.15, 0.2) is 104 Å². The number of aryl methyl sites for hydroxylation is 2. The zero-order valence-electron chi connectivity index (χ0n) is 44.9. The van der Waals surface area contributed by atoms with Gasteiger partial charge in [-0.15, -0.1) is 0 Å².